The summed E-state index contributed by atoms with van der Waals surface area (Å²) in [6.07, 6.45) is 1.47. The SMILES string of the molecule is O=Cc1ccc(F)cc1.[C-]#[N+]c1cccc(-c2cc(=O)n(CC)[nH]2)c1.[C-]#[N+]c1cccc(-c2cc(Oc3ccc(C=O)cc3)n(CC)n2)c1. The summed E-state index contributed by atoms with van der Waals surface area (Å²) in [4.78, 5) is 39.0. The third-order valence-corrected chi connectivity index (χ3v) is 6.95. The van der Waals surface area contributed by atoms with Crippen molar-refractivity contribution in [3.8, 4) is 34.1 Å². The van der Waals surface area contributed by atoms with E-state index in [0.29, 0.717) is 53.5 Å². The van der Waals surface area contributed by atoms with Crippen LogP contribution in [-0.4, -0.2) is 32.1 Å². The lowest BCUT2D eigenvalue weighted by Gasteiger charge is -2.06. The largest absolute Gasteiger partial charge is 0.439 e. The van der Waals surface area contributed by atoms with Crippen LogP contribution in [0.3, 0.4) is 0 Å². The standard InChI is InChI=1S/C19H15N3O2.C12H11N3O.C7H5FO/c1-3-22-19(24-17-9-7-14(13-23)8-10-17)12-18(21-22)15-5-4-6-16(11-15)20-2;1-3-15-12(16)8-11(14-15)9-5-4-6-10(7-9)13-2;8-7-3-1-6(5-9)2-4-7/h4-13H,3H2,1H3;4-8,14H,3H2,1H3;1-5H. The first-order valence-corrected chi connectivity index (χ1v) is 15.1. The fraction of sp³-hybridized carbons (Fsp3) is 0.105. The summed E-state index contributed by atoms with van der Waals surface area (Å²) in [5, 5.41) is 7.54. The molecule has 2 aromatic heterocycles. The smallest absolute Gasteiger partial charge is 0.267 e. The molecule has 1 N–H and O–H groups in total. The Morgan fingerprint density at radius 3 is 1.88 bits per heavy atom. The third-order valence-electron chi connectivity index (χ3n) is 6.95. The Morgan fingerprint density at radius 1 is 0.776 bits per heavy atom. The van der Waals surface area contributed by atoms with E-state index < -0.39 is 0 Å². The van der Waals surface area contributed by atoms with Crippen molar-refractivity contribution >= 4 is 23.9 Å². The Morgan fingerprint density at radius 2 is 1.35 bits per heavy atom. The third kappa shape index (κ3) is 9.58. The van der Waals surface area contributed by atoms with Gasteiger partial charge >= 0.3 is 0 Å². The first-order valence-electron chi connectivity index (χ1n) is 15.1. The highest BCUT2D eigenvalue weighted by molar-refractivity contribution is 5.75. The van der Waals surface area contributed by atoms with Crippen LogP contribution < -0.4 is 10.3 Å². The summed E-state index contributed by atoms with van der Waals surface area (Å²) < 4.78 is 21.3. The van der Waals surface area contributed by atoms with Gasteiger partial charge in [-0.2, -0.15) is 5.10 Å². The average molecular weight is 655 g/mol. The summed E-state index contributed by atoms with van der Waals surface area (Å²) in [5.41, 5.74) is 5.42. The molecule has 2 heterocycles. The molecule has 244 valence electrons. The molecule has 0 saturated carbocycles. The molecule has 0 fully saturated rings. The molecule has 10 nitrogen and oxygen atoms in total. The number of benzene rings is 4. The lowest BCUT2D eigenvalue weighted by atomic mass is 10.1. The van der Waals surface area contributed by atoms with Gasteiger partial charge in [-0.25, -0.2) is 18.8 Å². The second-order valence-electron chi connectivity index (χ2n) is 10.2. The fourth-order valence-corrected chi connectivity index (χ4v) is 4.42. The first-order chi connectivity index (χ1) is 23.8. The van der Waals surface area contributed by atoms with Crippen LogP contribution in [0.4, 0.5) is 15.8 Å². The molecule has 49 heavy (non-hydrogen) atoms. The predicted octanol–water partition coefficient (Wildman–Crippen LogP) is 8.78. The average Bonchev–Trinajstić information content (AvgIpc) is 3.75. The van der Waals surface area contributed by atoms with Gasteiger partial charge in [0, 0.05) is 36.3 Å². The zero-order valence-electron chi connectivity index (χ0n) is 26.7. The minimum atomic E-state index is -0.319. The Kier molecular flexibility index (Phi) is 12.3. The Balaban J connectivity index is 0.000000185. The van der Waals surface area contributed by atoms with Gasteiger partial charge in [0.25, 0.3) is 5.56 Å². The highest BCUT2D eigenvalue weighted by atomic mass is 19.1. The summed E-state index contributed by atoms with van der Waals surface area (Å²) in [6.45, 7) is 19.2. The van der Waals surface area contributed by atoms with Crippen molar-refractivity contribution in [2.45, 2.75) is 26.9 Å². The van der Waals surface area contributed by atoms with Crippen molar-refractivity contribution in [2.24, 2.45) is 0 Å². The van der Waals surface area contributed by atoms with Crippen LogP contribution in [0.1, 0.15) is 34.6 Å². The van der Waals surface area contributed by atoms with Crippen molar-refractivity contribution < 1.29 is 18.7 Å². The Bertz CT molecular complexity index is 2170. The number of nitrogens with zero attached hydrogens (tertiary/aromatic N) is 5. The lowest BCUT2D eigenvalue weighted by molar-refractivity contribution is 0.111. The molecule has 0 bridgehead atoms. The molecule has 0 aliphatic carbocycles. The van der Waals surface area contributed by atoms with Gasteiger partial charge in [-0.15, -0.1) is 0 Å². The first kappa shape index (κ1) is 35.0. The van der Waals surface area contributed by atoms with Crippen molar-refractivity contribution in [1.29, 1.82) is 0 Å². The molecule has 0 spiro atoms. The van der Waals surface area contributed by atoms with E-state index in [2.05, 4.69) is 19.9 Å². The molecule has 0 unspecified atom stereocenters. The van der Waals surface area contributed by atoms with Crippen molar-refractivity contribution in [1.82, 2.24) is 19.6 Å². The zero-order valence-corrected chi connectivity index (χ0v) is 26.7. The minimum absolute atomic E-state index is 0.0503. The van der Waals surface area contributed by atoms with Crippen molar-refractivity contribution in [3.63, 3.8) is 0 Å². The number of aldehydes is 2. The lowest BCUT2D eigenvalue weighted by Crippen LogP contribution is -2.13. The van der Waals surface area contributed by atoms with Gasteiger partial charge in [0.1, 0.15) is 24.1 Å². The van der Waals surface area contributed by atoms with Gasteiger partial charge in [0.2, 0.25) is 5.88 Å². The van der Waals surface area contributed by atoms with Gasteiger partial charge in [0.05, 0.1) is 24.5 Å². The van der Waals surface area contributed by atoms with Gasteiger partial charge in [-0.05, 0) is 85.6 Å². The van der Waals surface area contributed by atoms with Crippen LogP contribution in [0, 0.1) is 19.0 Å². The number of H-pyrrole nitrogens is 1. The topological polar surface area (TPSA) is 108 Å². The molecule has 0 atom stereocenters. The second-order valence-corrected chi connectivity index (χ2v) is 10.2. The van der Waals surface area contributed by atoms with Crippen LogP contribution in [0.15, 0.2) is 114 Å². The number of aromatic amines is 1. The number of aromatic nitrogens is 4. The zero-order chi connectivity index (χ0) is 35.2. The molecule has 6 rings (SSSR count). The van der Waals surface area contributed by atoms with Crippen molar-refractivity contribution in [3.05, 3.63) is 159 Å². The minimum Gasteiger partial charge on any atom is -0.439 e. The van der Waals surface area contributed by atoms with Crippen LogP contribution >= 0.6 is 0 Å². The molecule has 11 heteroatoms. The number of nitrogens with one attached hydrogen (secondary N) is 1. The van der Waals surface area contributed by atoms with Gasteiger partial charge in [-0.1, -0.05) is 36.4 Å². The number of aryl methyl sites for hydroxylation is 2. The monoisotopic (exact) mass is 654 g/mol. The molecular weight excluding hydrogens is 623 g/mol. The van der Waals surface area contributed by atoms with E-state index in [1.165, 1.54) is 28.9 Å². The number of ether oxygens (including phenoxy) is 1. The molecule has 0 aliphatic rings. The van der Waals surface area contributed by atoms with Gasteiger partial charge < -0.3 is 4.74 Å². The summed E-state index contributed by atoms with van der Waals surface area (Å²) >= 11 is 0. The van der Waals surface area contributed by atoms with E-state index >= 15 is 0 Å². The normalized spacial score (nSPS) is 9.90. The number of carbonyl (C=O) groups is 2. The number of halogens is 1. The highest BCUT2D eigenvalue weighted by Crippen LogP contribution is 2.29. The molecule has 0 radical (unpaired) electrons. The number of hydrogen-bond acceptors (Lipinski definition) is 5. The van der Waals surface area contributed by atoms with Crippen LogP contribution in [-0.2, 0) is 13.1 Å². The fourth-order valence-electron chi connectivity index (χ4n) is 4.42. The van der Waals surface area contributed by atoms with E-state index in [0.717, 1.165) is 28.8 Å². The van der Waals surface area contributed by atoms with Crippen molar-refractivity contribution in [2.75, 3.05) is 0 Å². The summed E-state index contributed by atoms with van der Waals surface area (Å²) in [5.74, 6) is 0.928. The number of hydrogen-bond donors (Lipinski definition) is 1. The number of carbonyl (C=O) groups excluding carboxylic acids is 2. The molecule has 0 aliphatic heterocycles. The quantitative estimate of drug-likeness (QED) is 0.130. The predicted molar refractivity (Wildman–Crippen MR) is 186 cm³/mol. The van der Waals surface area contributed by atoms with E-state index in [1.807, 2.05) is 44.2 Å². The van der Waals surface area contributed by atoms with Gasteiger partial charge in [-0.3, -0.25) is 24.2 Å². The maximum Gasteiger partial charge on any atom is 0.267 e. The van der Waals surface area contributed by atoms with Crippen LogP contribution in [0.25, 0.3) is 32.2 Å². The Labute approximate surface area is 282 Å². The molecule has 4 aromatic carbocycles. The number of rotatable bonds is 8. The second kappa shape index (κ2) is 17.2. The van der Waals surface area contributed by atoms with E-state index in [9.17, 15) is 18.8 Å². The summed E-state index contributed by atoms with van der Waals surface area (Å²) in [6, 6.07) is 30.2. The molecular formula is C38H31FN6O4. The van der Waals surface area contributed by atoms with Crippen LogP contribution in [0.2, 0.25) is 0 Å². The maximum atomic E-state index is 12.1. The van der Waals surface area contributed by atoms with E-state index in [4.69, 9.17) is 17.9 Å². The highest BCUT2D eigenvalue weighted by Gasteiger charge is 2.11. The van der Waals surface area contributed by atoms with Gasteiger partial charge in [0.15, 0.2) is 11.4 Å². The molecule has 0 amide bonds. The molecule has 6 aromatic rings. The molecule has 0 saturated heterocycles. The maximum absolute atomic E-state index is 12.1. The summed E-state index contributed by atoms with van der Waals surface area (Å²) in [7, 11) is 0. The van der Waals surface area contributed by atoms with Crippen LogP contribution in [0.5, 0.6) is 11.6 Å². The van der Waals surface area contributed by atoms with E-state index in [1.54, 1.807) is 59.3 Å². The van der Waals surface area contributed by atoms with E-state index in [-0.39, 0.29) is 11.4 Å². The Hall–Kier alpha value is -6.85.